The van der Waals surface area contributed by atoms with E-state index in [1.54, 1.807) is 24.0 Å². The van der Waals surface area contributed by atoms with Gasteiger partial charge < -0.3 is 10.0 Å². The third-order valence-electron chi connectivity index (χ3n) is 2.93. The predicted molar refractivity (Wildman–Crippen MR) is 72.7 cm³/mol. The first-order valence-electron chi connectivity index (χ1n) is 6.07. The molecular formula is C14H17N3O2. The molecule has 0 saturated heterocycles. The predicted octanol–water partition coefficient (Wildman–Crippen LogP) is 1.15. The van der Waals surface area contributed by atoms with Crippen molar-refractivity contribution in [2.75, 3.05) is 20.2 Å². The molecule has 2 aromatic rings. The first-order valence-corrected chi connectivity index (χ1v) is 6.07. The van der Waals surface area contributed by atoms with Crippen LogP contribution in [0.1, 0.15) is 10.4 Å². The summed E-state index contributed by atoms with van der Waals surface area (Å²) in [5.74, 6) is -0.0974. The van der Waals surface area contributed by atoms with E-state index in [9.17, 15) is 4.79 Å². The van der Waals surface area contributed by atoms with Crippen molar-refractivity contribution < 1.29 is 9.90 Å². The highest BCUT2D eigenvalue weighted by atomic mass is 16.3. The molecule has 0 spiro atoms. The fourth-order valence-corrected chi connectivity index (χ4v) is 1.87. The first kappa shape index (κ1) is 13.3. The van der Waals surface area contributed by atoms with E-state index in [0.29, 0.717) is 12.1 Å². The summed E-state index contributed by atoms with van der Waals surface area (Å²) in [5.41, 5.74) is 2.54. The summed E-state index contributed by atoms with van der Waals surface area (Å²) in [4.78, 5) is 13.6. The van der Waals surface area contributed by atoms with Gasteiger partial charge in [0.1, 0.15) is 0 Å². The number of aliphatic hydroxyl groups is 1. The molecule has 100 valence electrons. The van der Waals surface area contributed by atoms with Crippen molar-refractivity contribution in [3.8, 4) is 11.1 Å². The van der Waals surface area contributed by atoms with E-state index < -0.39 is 0 Å². The van der Waals surface area contributed by atoms with Crippen LogP contribution in [0, 0.1) is 0 Å². The summed E-state index contributed by atoms with van der Waals surface area (Å²) in [6.07, 6.45) is 3.67. The Bertz CT molecular complexity index is 578. The van der Waals surface area contributed by atoms with E-state index in [1.807, 2.05) is 31.4 Å². The van der Waals surface area contributed by atoms with Crippen LogP contribution >= 0.6 is 0 Å². The average Bonchev–Trinajstić information content (AvgIpc) is 2.85. The lowest BCUT2D eigenvalue weighted by atomic mass is 10.1. The third-order valence-corrected chi connectivity index (χ3v) is 2.93. The van der Waals surface area contributed by atoms with Gasteiger partial charge in [-0.2, -0.15) is 5.10 Å². The summed E-state index contributed by atoms with van der Waals surface area (Å²) in [5, 5.41) is 13.0. The normalized spacial score (nSPS) is 10.5. The number of aliphatic hydroxyl groups excluding tert-OH is 1. The maximum Gasteiger partial charge on any atom is 0.253 e. The number of hydrogen-bond acceptors (Lipinski definition) is 3. The topological polar surface area (TPSA) is 58.4 Å². The second-order valence-electron chi connectivity index (χ2n) is 4.43. The number of rotatable bonds is 4. The molecular weight excluding hydrogens is 242 g/mol. The van der Waals surface area contributed by atoms with Crippen molar-refractivity contribution in [1.29, 1.82) is 0 Å². The Morgan fingerprint density at radius 1 is 1.42 bits per heavy atom. The van der Waals surface area contributed by atoms with Crippen LogP contribution in [-0.4, -0.2) is 45.9 Å². The number of nitrogens with zero attached hydrogens (tertiary/aromatic N) is 3. The zero-order valence-electron chi connectivity index (χ0n) is 11.1. The molecule has 0 saturated carbocycles. The summed E-state index contributed by atoms with van der Waals surface area (Å²) >= 11 is 0. The highest BCUT2D eigenvalue weighted by Crippen LogP contribution is 2.20. The van der Waals surface area contributed by atoms with Gasteiger partial charge in [-0.05, 0) is 17.7 Å². The molecule has 5 heteroatoms. The van der Waals surface area contributed by atoms with Crippen LogP contribution in [0.15, 0.2) is 36.7 Å². The molecule has 0 fully saturated rings. The molecule has 0 aliphatic carbocycles. The summed E-state index contributed by atoms with van der Waals surface area (Å²) in [7, 11) is 3.53. The molecule has 2 rings (SSSR count). The highest BCUT2D eigenvalue weighted by Gasteiger charge is 2.12. The number of carbonyl (C=O) groups is 1. The van der Waals surface area contributed by atoms with Crippen LogP contribution in [0.3, 0.4) is 0 Å². The Morgan fingerprint density at radius 3 is 2.84 bits per heavy atom. The molecule has 1 aromatic carbocycles. The van der Waals surface area contributed by atoms with Crippen molar-refractivity contribution in [1.82, 2.24) is 14.7 Å². The number of carbonyl (C=O) groups excluding carboxylic acids is 1. The second-order valence-corrected chi connectivity index (χ2v) is 4.43. The van der Waals surface area contributed by atoms with Crippen LogP contribution < -0.4 is 0 Å². The van der Waals surface area contributed by atoms with E-state index in [4.69, 9.17) is 5.11 Å². The van der Waals surface area contributed by atoms with Gasteiger partial charge in [-0.25, -0.2) is 0 Å². The lowest BCUT2D eigenvalue weighted by molar-refractivity contribution is 0.0767. The van der Waals surface area contributed by atoms with Crippen LogP contribution in [-0.2, 0) is 7.05 Å². The minimum atomic E-state index is -0.0974. The van der Waals surface area contributed by atoms with Gasteiger partial charge in [0, 0.05) is 38.0 Å². The Hall–Kier alpha value is -2.14. The van der Waals surface area contributed by atoms with Gasteiger partial charge in [0.2, 0.25) is 0 Å². The van der Waals surface area contributed by atoms with Gasteiger partial charge in [0.05, 0.1) is 12.8 Å². The van der Waals surface area contributed by atoms with E-state index in [1.165, 1.54) is 4.90 Å². The van der Waals surface area contributed by atoms with Crippen LogP contribution in [0.25, 0.3) is 11.1 Å². The SMILES string of the molecule is CN(CCO)C(=O)c1cccc(-c2cnn(C)c2)c1. The van der Waals surface area contributed by atoms with E-state index in [-0.39, 0.29) is 12.5 Å². The molecule has 0 unspecified atom stereocenters. The van der Waals surface area contributed by atoms with Crippen molar-refractivity contribution in [2.45, 2.75) is 0 Å². The zero-order chi connectivity index (χ0) is 13.8. The van der Waals surface area contributed by atoms with E-state index in [0.717, 1.165) is 11.1 Å². The Kier molecular flexibility index (Phi) is 3.97. The summed E-state index contributed by atoms with van der Waals surface area (Å²) < 4.78 is 1.72. The maximum atomic E-state index is 12.1. The molecule has 0 atom stereocenters. The first-order chi connectivity index (χ1) is 9.11. The molecule has 1 aromatic heterocycles. The molecule has 5 nitrogen and oxygen atoms in total. The fraction of sp³-hybridized carbons (Fsp3) is 0.286. The van der Waals surface area contributed by atoms with Gasteiger partial charge in [-0.15, -0.1) is 0 Å². The van der Waals surface area contributed by atoms with Crippen LogP contribution in [0.2, 0.25) is 0 Å². The van der Waals surface area contributed by atoms with Gasteiger partial charge in [-0.3, -0.25) is 9.48 Å². The fourth-order valence-electron chi connectivity index (χ4n) is 1.87. The van der Waals surface area contributed by atoms with Gasteiger partial charge in [0.25, 0.3) is 5.91 Å². The largest absolute Gasteiger partial charge is 0.395 e. The minimum Gasteiger partial charge on any atom is -0.395 e. The smallest absolute Gasteiger partial charge is 0.253 e. The van der Waals surface area contributed by atoms with Crippen LogP contribution in [0.5, 0.6) is 0 Å². The van der Waals surface area contributed by atoms with Crippen molar-refractivity contribution in [2.24, 2.45) is 7.05 Å². The Labute approximate surface area is 112 Å². The number of amides is 1. The molecule has 1 amide bonds. The van der Waals surface area contributed by atoms with Crippen LogP contribution in [0.4, 0.5) is 0 Å². The van der Waals surface area contributed by atoms with Gasteiger partial charge in [0.15, 0.2) is 0 Å². The van der Waals surface area contributed by atoms with Gasteiger partial charge >= 0.3 is 0 Å². The zero-order valence-corrected chi connectivity index (χ0v) is 11.1. The van der Waals surface area contributed by atoms with Crippen molar-refractivity contribution in [3.05, 3.63) is 42.2 Å². The Balaban J connectivity index is 2.27. The summed E-state index contributed by atoms with van der Waals surface area (Å²) in [6.45, 7) is 0.292. The number of aryl methyl sites for hydroxylation is 1. The number of benzene rings is 1. The standard InChI is InChI=1S/C14H17N3O2/c1-16(6-7-18)14(19)12-5-3-4-11(8-12)13-9-15-17(2)10-13/h3-5,8-10,18H,6-7H2,1-2H3. The molecule has 0 radical (unpaired) electrons. The number of likely N-dealkylation sites (N-methyl/N-ethyl adjacent to an activating group) is 1. The van der Waals surface area contributed by atoms with Crippen molar-refractivity contribution in [3.63, 3.8) is 0 Å². The second kappa shape index (κ2) is 5.67. The molecule has 1 N–H and O–H groups in total. The minimum absolute atomic E-state index is 0.0372. The number of hydrogen-bond donors (Lipinski definition) is 1. The lowest BCUT2D eigenvalue weighted by Crippen LogP contribution is -2.29. The van der Waals surface area contributed by atoms with Crippen molar-refractivity contribution >= 4 is 5.91 Å². The summed E-state index contributed by atoms with van der Waals surface area (Å²) in [6, 6.07) is 7.41. The molecule has 0 bridgehead atoms. The lowest BCUT2D eigenvalue weighted by Gasteiger charge is -2.15. The van der Waals surface area contributed by atoms with E-state index >= 15 is 0 Å². The third kappa shape index (κ3) is 3.00. The molecule has 0 aliphatic rings. The Morgan fingerprint density at radius 2 is 2.21 bits per heavy atom. The maximum absolute atomic E-state index is 12.1. The molecule has 1 heterocycles. The quantitative estimate of drug-likeness (QED) is 0.896. The monoisotopic (exact) mass is 259 g/mol. The average molecular weight is 259 g/mol. The molecule has 0 aliphatic heterocycles. The van der Waals surface area contributed by atoms with Gasteiger partial charge in [-0.1, -0.05) is 12.1 Å². The molecule has 19 heavy (non-hydrogen) atoms. The highest BCUT2D eigenvalue weighted by molar-refractivity contribution is 5.95. The van der Waals surface area contributed by atoms with E-state index in [2.05, 4.69) is 5.10 Å². The number of aromatic nitrogens is 2.